The van der Waals surface area contributed by atoms with Gasteiger partial charge < -0.3 is 29.7 Å². The molecule has 0 atom stereocenters. The van der Waals surface area contributed by atoms with Crippen LogP contribution in [-0.2, 0) is 4.74 Å². The highest BCUT2D eigenvalue weighted by atomic mass is 16.5. The van der Waals surface area contributed by atoms with Crippen molar-refractivity contribution in [1.82, 2.24) is 34.7 Å². The minimum absolute atomic E-state index is 0.515. The first-order valence-corrected chi connectivity index (χ1v) is 24.9. The maximum absolute atomic E-state index is 5.73. The van der Waals surface area contributed by atoms with Crippen LogP contribution >= 0.6 is 0 Å². The summed E-state index contributed by atoms with van der Waals surface area (Å²) in [6.45, 7) is 51.2. The molecule has 4 aliphatic rings. The van der Waals surface area contributed by atoms with Crippen molar-refractivity contribution < 1.29 is 4.74 Å². The predicted octanol–water partition coefficient (Wildman–Crippen LogP) is 9.53. The number of piperidine rings is 2. The molecule has 0 bridgehead atoms. The van der Waals surface area contributed by atoms with E-state index in [4.69, 9.17) is 4.74 Å². The van der Waals surface area contributed by atoms with Crippen molar-refractivity contribution in [2.75, 3.05) is 92.7 Å². The molecule has 0 aromatic carbocycles. The number of nitrogens with zero attached hydrogens (tertiary/aromatic N) is 6. The number of nitrogens with one attached hydrogen (secondary N) is 1. The fourth-order valence-corrected chi connectivity index (χ4v) is 7.98. The van der Waals surface area contributed by atoms with Crippen molar-refractivity contribution in [3.63, 3.8) is 0 Å². The molecule has 348 valence electrons. The summed E-state index contributed by atoms with van der Waals surface area (Å²) < 4.78 is 5.73. The summed E-state index contributed by atoms with van der Waals surface area (Å²) >= 11 is 0. The van der Waals surface area contributed by atoms with Crippen LogP contribution in [-0.4, -0.2) is 170 Å². The average Bonchev–Trinajstić information content (AvgIpc) is 3.10. The summed E-state index contributed by atoms with van der Waals surface area (Å²) in [5.74, 6) is 3.26. The van der Waals surface area contributed by atoms with Crippen LogP contribution < -0.4 is 5.32 Å². The molecule has 0 radical (unpaired) electrons. The highest BCUT2D eigenvalue weighted by Gasteiger charge is 2.31. The van der Waals surface area contributed by atoms with Crippen LogP contribution in [0, 0.1) is 23.7 Å². The third-order valence-electron chi connectivity index (χ3n) is 13.3. The second-order valence-corrected chi connectivity index (χ2v) is 21.7. The van der Waals surface area contributed by atoms with E-state index in [2.05, 4.69) is 160 Å². The van der Waals surface area contributed by atoms with Gasteiger partial charge in [-0.2, -0.15) is 0 Å². The minimum Gasteiger partial charge on any atom is -0.376 e. The van der Waals surface area contributed by atoms with Crippen LogP contribution in [0.15, 0.2) is 0 Å². The van der Waals surface area contributed by atoms with E-state index in [1.165, 1.54) is 110 Å². The predicted molar refractivity (Wildman–Crippen MR) is 257 cm³/mol. The Morgan fingerprint density at radius 3 is 1.24 bits per heavy atom. The van der Waals surface area contributed by atoms with Crippen LogP contribution in [0.1, 0.15) is 162 Å². The Kier molecular flexibility index (Phi) is 29.5. The highest BCUT2D eigenvalue weighted by molar-refractivity contribution is 4.88. The fraction of sp³-hybridized carbons (Fsp3) is 1.00. The maximum atomic E-state index is 5.73. The van der Waals surface area contributed by atoms with Gasteiger partial charge in [0.1, 0.15) is 0 Å². The van der Waals surface area contributed by atoms with Gasteiger partial charge in [0.05, 0.1) is 6.10 Å². The van der Waals surface area contributed by atoms with Gasteiger partial charge in [-0.1, -0.05) is 55.4 Å². The second kappa shape index (κ2) is 30.7. The number of rotatable bonds is 20. The standard InChI is InChI=1S/C14H30N2.C13H28N2.C12H26N2.C11H23NO/c1-12(2)6-9-15(5)14-7-10-16(11-8-14)13(3)4;1-11(2)5-8-14-13-6-9-15(10-7-13)12(3)4;1-10(2)6-7-13(5)12-8-14(9-12)11(3)4;1-9(2)5-6-13-11-7-12(8-11)10(3)4/h12-14H,6-11H2,1-5H3;11-14H,5-10H2,1-4H3;10-12H,6-9H2,1-5H3;9-11H,5-8H2,1-4H3. The minimum atomic E-state index is 0.515. The maximum Gasteiger partial charge on any atom is 0.0828 e. The fourth-order valence-electron chi connectivity index (χ4n) is 7.98. The number of ether oxygens (including phenoxy) is 1. The van der Waals surface area contributed by atoms with E-state index in [0.29, 0.717) is 12.1 Å². The summed E-state index contributed by atoms with van der Waals surface area (Å²) in [6, 6.07) is 5.28. The number of likely N-dealkylation sites (tertiary alicyclic amines) is 4. The third kappa shape index (κ3) is 25.0. The van der Waals surface area contributed by atoms with Crippen molar-refractivity contribution in [3.05, 3.63) is 0 Å². The van der Waals surface area contributed by atoms with E-state index < -0.39 is 0 Å². The van der Waals surface area contributed by atoms with Gasteiger partial charge in [0, 0.05) is 75.1 Å². The van der Waals surface area contributed by atoms with Crippen molar-refractivity contribution >= 4 is 0 Å². The van der Waals surface area contributed by atoms with Gasteiger partial charge in [-0.15, -0.1) is 0 Å². The zero-order valence-electron chi connectivity index (χ0n) is 42.7. The number of hydrogen-bond acceptors (Lipinski definition) is 8. The van der Waals surface area contributed by atoms with E-state index in [0.717, 1.165) is 79.6 Å². The van der Waals surface area contributed by atoms with E-state index in [1.54, 1.807) is 0 Å². The smallest absolute Gasteiger partial charge is 0.0828 e. The van der Waals surface area contributed by atoms with Gasteiger partial charge in [0.25, 0.3) is 0 Å². The molecule has 0 saturated carbocycles. The van der Waals surface area contributed by atoms with Gasteiger partial charge >= 0.3 is 0 Å². The molecule has 4 saturated heterocycles. The van der Waals surface area contributed by atoms with Crippen molar-refractivity contribution in [2.24, 2.45) is 23.7 Å². The molecule has 4 fully saturated rings. The zero-order valence-corrected chi connectivity index (χ0v) is 42.7. The SMILES string of the molecule is CC(C)CCN(C)C1CCN(C(C)C)CC1.CC(C)CCN(C)C1CN(C(C)C)C1.CC(C)CCNC1CCN(C(C)C)CC1.CC(C)CCOC1CN(C(C)C)C1. The first-order valence-electron chi connectivity index (χ1n) is 24.9. The molecule has 0 aromatic heterocycles. The molecule has 58 heavy (non-hydrogen) atoms. The third-order valence-corrected chi connectivity index (χ3v) is 13.3. The van der Waals surface area contributed by atoms with Crippen LogP contribution in [0.5, 0.6) is 0 Å². The summed E-state index contributed by atoms with van der Waals surface area (Å²) in [4.78, 5) is 15.3. The number of likely N-dealkylation sites (N-methyl/N-ethyl adjacent to an activating group) is 1. The normalized spacial score (nSPS) is 20.1. The molecular formula is C50H107N7O. The monoisotopic (exact) mass is 822 g/mol. The molecule has 4 heterocycles. The Morgan fingerprint density at radius 2 is 0.845 bits per heavy atom. The van der Waals surface area contributed by atoms with Crippen LogP contribution in [0.4, 0.5) is 0 Å². The van der Waals surface area contributed by atoms with E-state index in [1.807, 2.05) is 0 Å². The molecule has 4 rings (SSSR count). The summed E-state index contributed by atoms with van der Waals surface area (Å²) in [6.07, 6.45) is 11.0. The summed E-state index contributed by atoms with van der Waals surface area (Å²) in [5, 5.41) is 3.69. The Balaban J connectivity index is 0.000000388. The molecule has 0 unspecified atom stereocenters. The molecule has 4 aliphatic heterocycles. The van der Waals surface area contributed by atoms with Crippen LogP contribution in [0.2, 0.25) is 0 Å². The largest absolute Gasteiger partial charge is 0.376 e. The van der Waals surface area contributed by atoms with Gasteiger partial charge in [0.15, 0.2) is 0 Å². The second-order valence-electron chi connectivity index (χ2n) is 21.7. The zero-order chi connectivity index (χ0) is 43.9. The molecule has 8 heteroatoms. The Hall–Kier alpha value is -0.320. The van der Waals surface area contributed by atoms with Gasteiger partial charge in [0.2, 0.25) is 0 Å². The molecular weight excluding hydrogens is 715 g/mol. The lowest BCUT2D eigenvalue weighted by atomic mass is 10.0. The Labute approximate surface area is 365 Å². The molecule has 8 nitrogen and oxygen atoms in total. The van der Waals surface area contributed by atoms with Crippen molar-refractivity contribution in [2.45, 2.75) is 211 Å². The molecule has 0 spiro atoms. The molecule has 0 aliphatic carbocycles. The number of hydrogen-bond donors (Lipinski definition) is 1. The molecule has 1 N–H and O–H groups in total. The summed E-state index contributed by atoms with van der Waals surface area (Å²) in [7, 11) is 4.57. The van der Waals surface area contributed by atoms with Crippen molar-refractivity contribution in [1.29, 1.82) is 0 Å². The van der Waals surface area contributed by atoms with Crippen LogP contribution in [0.3, 0.4) is 0 Å². The van der Waals surface area contributed by atoms with Gasteiger partial charge in [-0.25, -0.2) is 0 Å². The van der Waals surface area contributed by atoms with Crippen LogP contribution in [0.25, 0.3) is 0 Å². The Bertz CT molecular complexity index is 938. The van der Waals surface area contributed by atoms with E-state index in [-0.39, 0.29) is 0 Å². The lowest BCUT2D eigenvalue weighted by Gasteiger charge is -2.46. The van der Waals surface area contributed by atoms with Gasteiger partial charge in [-0.05, 0) is 190 Å². The highest BCUT2D eigenvalue weighted by Crippen LogP contribution is 2.20. The Morgan fingerprint density at radius 1 is 0.466 bits per heavy atom. The van der Waals surface area contributed by atoms with Gasteiger partial charge in [-0.3, -0.25) is 9.80 Å². The molecule has 0 aromatic rings. The van der Waals surface area contributed by atoms with E-state index >= 15 is 0 Å². The first kappa shape index (κ1) is 55.7. The van der Waals surface area contributed by atoms with E-state index in [9.17, 15) is 0 Å². The first-order chi connectivity index (χ1) is 27.2. The topological polar surface area (TPSA) is 40.7 Å². The lowest BCUT2D eigenvalue weighted by Crippen LogP contribution is -2.60. The van der Waals surface area contributed by atoms with Crippen molar-refractivity contribution in [3.8, 4) is 0 Å². The quantitative estimate of drug-likeness (QED) is 0.130. The average molecular weight is 822 g/mol. The lowest BCUT2D eigenvalue weighted by molar-refractivity contribution is -0.0686. The summed E-state index contributed by atoms with van der Waals surface area (Å²) in [5.41, 5.74) is 0. The molecule has 0 amide bonds.